The van der Waals surface area contributed by atoms with E-state index in [0.717, 1.165) is 17.7 Å². The molecule has 0 spiro atoms. The lowest BCUT2D eigenvalue weighted by atomic mass is 10.2. The van der Waals surface area contributed by atoms with Crippen molar-refractivity contribution in [3.8, 4) is 0 Å². The van der Waals surface area contributed by atoms with Crippen molar-refractivity contribution in [3.63, 3.8) is 0 Å². The van der Waals surface area contributed by atoms with Gasteiger partial charge in [0.25, 0.3) is 0 Å². The lowest BCUT2D eigenvalue weighted by molar-refractivity contribution is -0.136. The number of anilines is 1. The molecule has 5 nitrogen and oxygen atoms in total. The first-order valence-corrected chi connectivity index (χ1v) is 6.64. The molecule has 0 atom stereocenters. The molecule has 1 rings (SSSR count). The summed E-state index contributed by atoms with van der Waals surface area (Å²) in [6.45, 7) is 5.58. The summed E-state index contributed by atoms with van der Waals surface area (Å²) < 4.78 is 0. The van der Waals surface area contributed by atoms with Crippen LogP contribution in [0.2, 0.25) is 5.02 Å². The molecule has 0 aromatic heterocycles. The van der Waals surface area contributed by atoms with E-state index in [1.807, 2.05) is 19.9 Å². The molecule has 2 amide bonds. The number of hydrogen-bond acceptors (Lipinski definition) is 3. The zero-order valence-electron chi connectivity index (χ0n) is 11.7. The summed E-state index contributed by atoms with van der Waals surface area (Å²) in [6.07, 6.45) is 2.55. The Morgan fingerprint density at radius 1 is 1.25 bits per heavy atom. The molecule has 0 bridgehead atoms. The van der Waals surface area contributed by atoms with Gasteiger partial charge in [-0.15, -0.1) is 0 Å². The Hall–Kier alpha value is -2.01. The first kappa shape index (κ1) is 16.0. The largest absolute Gasteiger partial charge is 0.327 e. The molecule has 3 N–H and O–H groups in total. The van der Waals surface area contributed by atoms with Crippen LogP contribution < -0.4 is 16.2 Å². The Labute approximate surface area is 123 Å². The molecule has 1 aromatic carbocycles. The van der Waals surface area contributed by atoms with Gasteiger partial charge in [-0.1, -0.05) is 24.6 Å². The van der Waals surface area contributed by atoms with Crippen molar-refractivity contribution in [2.75, 3.05) is 5.32 Å². The maximum Gasteiger partial charge on any atom is 0.327 e. The minimum atomic E-state index is -0.757. The molecule has 0 saturated heterocycles. The second-order valence-corrected chi connectivity index (χ2v) is 4.60. The summed E-state index contributed by atoms with van der Waals surface area (Å²) in [7, 11) is 0. The highest BCUT2D eigenvalue weighted by molar-refractivity contribution is 6.39. The number of rotatable bonds is 4. The predicted octanol–water partition coefficient (Wildman–Crippen LogP) is 2.52. The standard InChI is InChI=1S/C14H18ClN3O2/c1-4-11(5-2)17-18-14(20)13(19)16-12-7-6-10(15)8-9(12)3/h4,6-8,17H,5H2,1-3H3,(H,16,19)(H,18,20). The van der Waals surface area contributed by atoms with Crippen LogP contribution in [-0.4, -0.2) is 11.8 Å². The minimum Gasteiger partial charge on any atom is -0.317 e. The topological polar surface area (TPSA) is 70.2 Å². The van der Waals surface area contributed by atoms with Gasteiger partial charge in [-0.3, -0.25) is 15.0 Å². The number of allylic oxidation sites excluding steroid dienone is 2. The van der Waals surface area contributed by atoms with Crippen LogP contribution in [0.3, 0.4) is 0 Å². The number of hydrazine groups is 1. The molecule has 0 saturated carbocycles. The van der Waals surface area contributed by atoms with E-state index in [-0.39, 0.29) is 0 Å². The van der Waals surface area contributed by atoms with Crippen molar-refractivity contribution >= 4 is 29.1 Å². The van der Waals surface area contributed by atoms with E-state index in [1.165, 1.54) is 0 Å². The van der Waals surface area contributed by atoms with E-state index >= 15 is 0 Å². The predicted molar refractivity (Wildman–Crippen MR) is 80.1 cm³/mol. The van der Waals surface area contributed by atoms with Crippen molar-refractivity contribution < 1.29 is 9.59 Å². The highest BCUT2D eigenvalue weighted by Crippen LogP contribution is 2.19. The van der Waals surface area contributed by atoms with Crippen LogP contribution in [0.5, 0.6) is 0 Å². The minimum absolute atomic E-state index is 0.552. The number of carbonyl (C=O) groups is 2. The number of nitrogens with one attached hydrogen (secondary N) is 3. The van der Waals surface area contributed by atoms with Crippen LogP contribution in [0, 0.1) is 6.92 Å². The van der Waals surface area contributed by atoms with Crippen LogP contribution in [-0.2, 0) is 9.59 Å². The Bertz CT molecular complexity index is 541. The lowest BCUT2D eigenvalue weighted by Crippen LogP contribution is -2.43. The summed E-state index contributed by atoms with van der Waals surface area (Å²) in [4.78, 5) is 23.3. The third kappa shape index (κ3) is 4.59. The Morgan fingerprint density at radius 3 is 2.50 bits per heavy atom. The van der Waals surface area contributed by atoms with Gasteiger partial charge in [-0.25, -0.2) is 0 Å². The molecule has 0 unspecified atom stereocenters. The highest BCUT2D eigenvalue weighted by Gasteiger charge is 2.14. The average molecular weight is 296 g/mol. The number of aryl methyl sites for hydroxylation is 1. The first-order chi connectivity index (χ1) is 9.47. The van der Waals surface area contributed by atoms with Gasteiger partial charge >= 0.3 is 11.8 Å². The summed E-state index contributed by atoms with van der Waals surface area (Å²) >= 11 is 5.82. The Kier molecular flexibility index (Phi) is 6.06. The zero-order valence-corrected chi connectivity index (χ0v) is 12.5. The fourth-order valence-corrected chi connectivity index (χ4v) is 1.73. The van der Waals surface area contributed by atoms with Crippen molar-refractivity contribution in [3.05, 3.63) is 40.6 Å². The molecular weight excluding hydrogens is 278 g/mol. The van der Waals surface area contributed by atoms with Crippen molar-refractivity contribution in [2.45, 2.75) is 27.2 Å². The van der Waals surface area contributed by atoms with Crippen LogP contribution in [0.1, 0.15) is 25.8 Å². The van der Waals surface area contributed by atoms with Gasteiger partial charge in [-0.2, -0.15) is 0 Å². The first-order valence-electron chi connectivity index (χ1n) is 6.26. The molecule has 0 heterocycles. The third-order valence-electron chi connectivity index (χ3n) is 2.71. The monoisotopic (exact) mass is 295 g/mol. The summed E-state index contributed by atoms with van der Waals surface area (Å²) in [5.74, 6) is -1.50. The van der Waals surface area contributed by atoms with E-state index in [0.29, 0.717) is 10.7 Å². The number of amides is 2. The number of benzene rings is 1. The molecule has 0 fully saturated rings. The van der Waals surface area contributed by atoms with Crippen molar-refractivity contribution in [2.24, 2.45) is 0 Å². The molecule has 108 valence electrons. The quantitative estimate of drug-likeness (QED) is 0.590. The maximum atomic E-state index is 11.7. The summed E-state index contributed by atoms with van der Waals surface area (Å²) in [6, 6.07) is 5.01. The van der Waals surface area contributed by atoms with Gasteiger partial charge in [0, 0.05) is 16.4 Å². The number of carbonyl (C=O) groups excluding carboxylic acids is 2. The average Bonchev–Trinajstić information content (AvgIpc) is 2.42. The SMILES string of the molecule is CC=C(CC)NNC(=O)C(=O)Nc1ccc(Cl)cc1C. The van der Waals surface area contributed by atoms with E-state index in [2.05, 4.69) is 16.2 Å². The fraction of sp³-hybridized carbons (Fsp3) is 0.286. The van der Waals surface area contributed by atoms with Gasteiger partial charge in [-0.05, 0) is 44.0 Å². The molecule has 0 radical (unpaired) electrons. The van der Waals surface area contributed by atoms with Gasteiger partial charge < -0.3 is 10.7 Å². The second kappa shape index (κ2) is 7.55. The van der Waals surface area contributed by atoms with Crippen LogP contribution in [0.4, 0.5) is 5.69 Å². The molecular formula is C14H18ClN3O2. The second-order valence-electron chi connectivity index (χ2n) is 4.16. The third-order valence-corrected chi connectivity index (χ3v) is 2.94. The Morgan fingerprint density at radius 2 is 1.95 bits per heavy atom. The summed E-state index contributed by atoms with van der Waals surface area (Å²) in [5, 5.41) is 3.10. The molecule has 6 heteroatoms. The van der Waals surface area contributed by atoms with Gasteiger partial charge in [0.1, 0.15) is 0 Å². The van der Waals surface area contributed by atoms with Crippen LogP contribution in [0.25, 0.3) is 0 Å². The smallest absolute Gasteiger partial charge is 0.317 e. The van der Waals surface area contributed by atoms with E-state index in [1.54, 1.807) is 25.1 Å². The van der Waals surface area contributed by atoms with Crippen LogP contribution in [0.15, 0.2) is 30.0 Å². The fourth-order valence-electron chi connectivity index (χ4n) is 1.50. The molecule has 0 aliphatic carbocycles. The van der Waals surface area contributed by atoms with Crippen molar-refractivity contribution in [1.82, 2.24) is 10.9 Å². The van der Waals surface area contributed by atoms with Gasteiger partial charge in [0.05, 0.1) is 0 Å². The lowest BCUT2D eigenvalue weighted by Gasteiger charge is -2.11. The Balaban J connectivity index is 2.60. The maximum absolute atomic E-state index is 11.7. The van der Waals surface area contributed by atoms with Gasteiger partial charge in [0.15, 0.2) is 0 Å². The summed E-state index contributed by atoms with van der Waals surface area (Å²) in [5.41, 5.74) is 7.20. The molecule has 0 aliphatic rings. The van der Waals surface area contributed by atoms with Crippen LogP contribution >= 0.6 is 11.6 Å². The van der Waals surface area contributed by atoms with Crippen molar-refractivity contribution in [1.29, 1.82) is 0 Å². The zero-order chi connectivity index (χ0) is 15.1. The normalized spacial score (nSPS) is 10.9. The van der Waals surface area contributed by atoms with Gasteiger partial charge in [0.2, 0.25) is 0 Å². The number of halogens is 1. The highest BCUT2D eigenvalue weighted by atomic mass is 35.5. The number of hydrogen-bond donors (Lipinski definition) is 3. The molecule has 0 aliphatic heterocycles. The van der Waals surface area contributed by atoms with E-state index in [4.69, 9.17) is 11.6 Å². The molecule has 1 aromatic rings. The van der Waals surface area contributed by atoms with E-state index < -0.39 is 11.8 Å². The van der Waals surface area contributed by atoms with E-state index in [9.17, 15) is 9.59 Å². The molecule has 20 heavy (non-hydrogen) atoms.